The van der Waals surface area contributed by atoms with E-state index < -0.39 is 5.41 Å². The molecule has 264 valence electrons. The molecule has 0 spiro atoms. The summed E-state index contributed by atoms with van der Waals surface area (Å²) in [5.41, 5.74) is 14.6. The van der Waals surface area contributed by atoms with Crippen molar-refractivity contribution in [1.29, 1.82) is 0 Å². The molecule has 57 heavy (non-hydrogen) atoms. The van der Waals surface area contributed by atoms with E-state index in [1.54, 1.807) is 0 Å². The molecular weight excluding hydrogens is 685 g/mol. The van der Waals surface area contributed by atoms with Gasteiger partial charge in [-0.2, -0.15) is 0 Å². The van der Waals surface area contributed by atoms with Gasteiger partial charge in [0.1, 0.15) is 0 Å². The Kier molecular flexibility index (Phi) is 6.94. The van der Waals surface area contributed by atoms with Crippen LogP contribution in [0.25, 0.3) is 87.6 Å². The van der Waals surface area contributed by atoms with Crippen molar-refractivity contribution in [3.05, 3.63) is 241 Å². The summed E-state index contributed by atoms with van der Waals surface area (Å²) in [7, 11) is 0. The molecule has 0 atom stereocenters. The third-order valence-corrected chi connectivity index (χ3v) is 12.6. The molecule has 11 aromatic carbocycles. The van der Waals surface area contributed by atoms with Gasteiger partial charge < -0.3 is 0 Å². The zero-order chi connectivity index (χ0) is 37.5. The van der Waals surface area contributed by atoms with Crippen molar-refractivity contribution in [1.82, 2.24) is 0 Å². The molecule has 0 unspecified atom stereocenters. The van der Waals surface area contributed by atoms with Crippen molar-refractivity contribution in [3.63, 3.8) is 0 Å². The minimum atomic E-state index is -0.497. The third kappa shape index (κ3) is 4.68. The molecular formula is C57H36. The van der Waals surface area contributed by atoms with E-state index in [4.69, 9.17) is 0 Å². The maximum absolute atomic E-state index is 2.47. The Balaban J connectivity index is 1.14. The smallest absolute Gasteiger partial charge is 0.0622 e. The zero-order valence-corrected chi connectivity index (χ0v) is 31.3. The molecule has 0 aliphatic heterocycles. The Labute approximate surface area is 332 Å². The van der Waals surface area contributed by atoms with Crippen molar-refractivity contribution in [2.75, 3.05) is 0 Å². The molecule has 1 aliphatic carbocycles. The summed E-state index contributed by atoms with van der Waals surface area (Å²) in [6, 6.07) is 81.6. The molecule has 0 aromatic heterocycles. The highest BCUT2D eigenvalue weighted by molar-refractivity contribution is 6.25. The first-order valence-electron chi connectivity index (χ1n) is 19.9. The van der Waals surface area contributed by atoms with E-state index in [1.807, 2.05) is 0 Å². The van der Waals surface area contributed by atoms with Gasteiger partial charge in [-0.15, -0.1) is 0 Å². The largest absolute Gasteiger partial charge is 0.0713 e. The minimum Gasteiger partial charge on any atom is -0.0622 e. The van der Waals surface area contributed by atoms with Crippen LogP contribution in [-0.4, -0.2) is 0 Å². The first kappa shape index (κ1) is 32.0. The summed E-state index contributed by atoms with van der Waals surface area (Å²) in [6.07, 6.45) is 0. The van der Waals surface area contributed by atoms with Gasteiger partial charge in [-0.3, -0.25) is 0 Å². The van der Waals surface area contributed by atoms with E-state index in [0.29, 0.717) is 0 Å². The molecule has 0 nitrogen and oxygen atoms in total. The van der Waals surface area contributed by atoms with Crippen LogP contribution in [0.2, 0.25) is 0 Å². The van der Waals surface area contributed by atoms with Crippen LogP contribution in [0.4, 0.5) is 0 Å². The van der Waals surface area contributed by atoms with Crippen LogP contribution in [0, 0.1) is 0 Å². The highest BCUT2D eigenvalue weighted by Gasteiger charge is 2.44. The second-order valence-corrected chi connectivity index (χ2v) is 15.6. The van der Waals surface area contributed by atoms with Crippen LogP contribution in [0.1, 0.15) is 22.3 Å². The molecule has 1 aliphatic rings. The average Bonchev–Trinajstić information content (AvgIpc) is 3.29. The minimum absolute atomic E-state index is 0.497. The van der Waals surface area contributed by atoms with Gasteiger partial charge in [0.05, 0.1) is 5.41 Å². The van der Waals surface area contributed by atoms with Crippen molar-refractivity contribution in [2.24, 2.45) is 0 Å². The highest BCUT2D eigenvalue weighted by atomic mass is 14.4. The molecule has 0 N–H and O–H groups in total. The average molecular weight is 721 g/mol. The lowest BCUT2D eigenvalue weighted by atomic mass is 9.59. The fraction of sp³-hybridized carbons (Fsp3) is 0.0175. The molecule has 0 heterocycles. The number of rotatable bonds is 5. The molecule has 12 rings (SSSR count). The number of hydrogen-bond donors (Lipinski definition) is 0. The normalized spacial score (nSPS) is 13.1. The summed E-state index contributed by atoms with van der Waals surface area (Å²) in [6.45, 7) is 0. The van der Waals surface area contributed by atoms with Gasteiger partial charge in [-0.25, -0.2) is 0 Å². The van der Waals surface area contributed by atoms with Crippen LogP contribution < -0.4 is 0 Å². The van der Waals surface area contributed by atoms with Crippen molar-refractivity contribution in [2.45, 2.75) is 5.41 Å². The maximum atomic E-state index is 2.47. The Morgan fingerprint density at radius 3 is 1.49 bits per heavy atom. The Morgan fingerprint density at radius 1 is 0.246 bits per heavy atom. The van der Waals surface area contributed by atoms with Crippen molar-refractivity contribution < 1.29 is 0 Å². The van der Waals surface area contributed by atoms with Crippen LogP contribution in [0.5, 0.6) is 0 Å². The standard InChI is InChI=1S/C57H36/c1-4-13-37(14-5-1)43-33-44(35-45(34-43)48-30-27-41-26-25-39-15-10-16-40-28-31-50(48)56(41)54(39)40)42-29-32-52-51(36-42)49-23-11-17-38-18-12-24-53(55(38)49)57(52,46-19-6-2-7-20-46)47-21-8-3-9-22-47/h1-36H. The van der Waals surface area contributed by atoms with Crippen molar-refractivity contribution in [3.8, 4) is 44.5 Å². The molecule has 0 radical (unpaired) electrons. The number of benzene rings is 11. The molecule has 0 saturated carbocycles. The molecule has 0 saturated heterocycles. The second-order valence-electron chi connectivity index (χ2n) is 15.6. The first-order valence-corrected chi connectivity index (χ1v) is 19.9. The first-order chi connectivity index (χ1) is 28.3. The van der Waals surface area contributed by atoms with E-state index in [0.717, 1.165) is 0 Å². The third-order valence-electron chi connectivity index (χ3n) is 12.6. The van der Waals surface area contributed by atoms with E-state index in [9.17, 15) is 0 Å². The molecule has 11 aromatic rings. The number of fused-ring (bicyclic) bond motifs is 2. The second kappa shape index (κ2) is 12.4. The van der Waals surface area contributed by atoms with E-state index in [1.165, 1.54) is 110 Å². The summed E-state index contributed by atoms with van der Waals surface area (Å²) in [5, 5.41) is 10.4. The van der Waals surface area contributed by atoms with Gasteiger partial charge in [0, 0.05) is 0 Å². The zero-order valence-electron chi connectivity index (χ0n) is 31.3. The van der Waals surface area contributed by atoms with Gasteiger partial charge >= 0.3 is 0 Å². The highest BCUT2D eigenvalue weighted by Crippen LogP contribution is 2.56. The lowest BCUT2D eigenvalue weighted by Gasteiger charge is -2.42. The van der Waals surface area contributed by atoms with Crippen LogP contribution in [0.3, 0.4) is 0 Å². The van der Waals surface area contributed by atoms with Gasteiger partial charge in [0.2, 0.25) is 0 Å². The Morgan fingerprint density at radius 2 is 0.789 bits per heavy atom. The fourth-order valence-electron chi connectivity index (χ4n) is 10.2. The predicted molar refractivity (Wildman–Crippen MR) is 241 cm³/mol. The lowest BCUT2D eigenvalue weighted by Crippen LogP contribution is -2.33. The predicted octanol–water partition coefficient (Wildman–Crippen LogP) is 15.1. The fourth-order valence-corrected chi connectivity index (χ4v) is 10.2. The molecule has 0 amide bonds. The maximum Gasteiger partial charge on any atom is 0.0713 e. The summed E-state index contributed by atoms with van der Waals surface area (Å²) in [4.78, 5) is 0. The van der Waals surface area contributed by atoms with Crippen molar-refractivity contribution >= 4 is 43.1 Å². The molecule has 0 heteroatoms. The Bertz CT molecular complexity index is 3260. The quantitative estimate of drug-likeness (QED) is 0.155. The molecule has 0 fully saturated rings. The molecule has 0 bridgehead atoms. The van der Waals surface area contributed by atoms with Crippen LogP contribution in [0.15, 0.2) is 218 Å². The number of hydrogen-bond acceptors (Lipinski definition) is 0. The topological polar surface area (TPSA) is 0 Å². The van der Waals surface area contributed by atoms with E-state index in [2.05, 4.69) is 218 Å². The van der Waals surface area contributed by atoms with Gasteiger partial charge in [0.15, 0.2) is 0 Å². The van der Waals surface area contributed by atoms with E-state index >= 15 is 0 Å². The SMILES string of the molecule is c1ccc(-c2cc(-c3ccc4c(c3)-c3cccc5cccc(c35)C4(c3ccccc3)c3ccccc3)cc(-c3ccc4ccc5cccc6ccc3c4c56)c2)cc1. The summed E-state index contributed by atoms with van der Waals surface area (Å²) in [5.74, 6) is 0. The summed E-state index contributed by atoms with van der Waals surface area (Å²) < 4.78 is 0. The van der Waals surface area contributed by atoms with Gasteiger partial charge in [-0.1, -0.05) is 194 Å². The van der Waals surface area contributed by atoms with Gasteiger partial charge in [0.25, 0.3) is 0 Å². The summed E-state index contributed by atoms with van der Waals surface area (Å²) >= 11 is 0. The Hall–Kier alpha value is -7.28. The van der Waals surface area contributed by atoms with E-state index in [-0.39, 0.29) is 0 Å². The van der Waals surface area contributed by atoms with Crippen LogP contribution in [-0.2, 0) is 5.41 Å². The van der Waals surface area contributed by atoms with Gasteiger partial charge in [-0.05, 0) is 134 Å². The van der Waals surface area contributed by atoms with Crippen LogP contribution >= 0.6 is 0 Å². The lowest BCUT2D eigenvalue weighted by molar-refractivity contribution is 0.750. The monoisotopic (exact) mass is 720 g/mol.